The molecule has 0 aliphatic heterocycles. The van der Waals surface area contributed by atoms with Crippen molar-refractivity contribution in [2.75, 3.05) is 0 Å². The molecule has 2 fully saturated rings. The molecular weight excluding hydrogens is 238 g/mol. The molecule has 1 N–H and O–H groups in total. The molecular formula is C16H27NO2. The fourth-order valence-electron chi connectivity index (χ4n) is 3.78. The molecule has 0 saturated heterocycles. The van der Waals surface area contributed by atoms with Gasteiger partial charge in [-0.15, -0.1) is 0 Å². The second kappa shape index (κ2) is 4.92. The second-order valence-electron chi connectivity index (χ2n) is 7.66. The molecule has 108 valence electrons. The van der Waals surface area contributed by atoms with E-state index in [1.807, 2.05) is 20.8 Å². The molecule has 2 aliphatic carbocycles. The Balaban J connectivity index is 1.92. The monoisotopic (exact) mass is 265 g/mol. The van der Waals surface area contributed by atoms with Gasteiger partial charge >= 0.3 is 0 Å². The molecule has 2 rings (SSSR count). The summed E-state index contributed by atoms with van der Waals surface area (Å²) in [6.07, 6.45) is 6.93. The molecule has 3 nitrogen and oxygen atoms in total. The lowest BCUT2D eigenvalue weighted by atomic mass is 9.83. The van der Waals surface area contributed by atoms with Gasteiger partial charge in [0.15, 0.2) is 5.78 Å². The van der Waals surface area contributed by atoms with Crippen molar-refractivity contribution in [2.45, 2.75) is 72.3 Å². The van der Waals surface area contributed by atoms with Crippen LogP contribution in [-0.2, 0) is 9.59 Å². The summed E-state index contributed by atoms with van der Waals surface area (Å²) >= 11 is 0. The van der Waals surface area contributed by atoms with Crippen molar-refractivity contribution in [2.24, 2.45) is 16.7 Å². The first-order chi connectivity index (χ1) is 8.74. The predicted octanol–water partition coefficient (Wildman–Crippen LogP) is 3.08. The molecule has 3 atom stereocenters. The molecule has 0 spiro atoms. The van der Waals surface area contributed by atoms with Crippen molar-refractivity contribution in [3.05, 3.63) is 0 Å². The van der Waals surface area contributed by atoms with Crippen LogP contribution in [0.15, 0.2) is 0 Å². The van der Waals surface area contributed by atoms with Crippen molar-refractivity contribution in [1.82, 2.24) is 5.32 Å². The summed E-state index contributed by atoms with van der Waals surface area (Å²) in [5.41, 5.74) is 0.0796. The van der Waals surface area contributed by atoms with E-state index in [-0.39, 0.29) is 23.1 Å². The van der Waals surface area contributed by atoms with Gasteiger partial charge in [-0.1, -0.05) is 33.6 Å². The van der Waals surface area contributed by atoms with Crippen LogP contribution in [0.4, 0.5) is 0 Å². The van der Waals surface area contributed by atoms with Gasteiger partial charge in [-0.2, -0.15) is 0 Å². The molecule has 0 bridgehead atoms. The average molecular weight is 265 g/mol. The first-order valence-electron chi connectivity index (χ1n) is 7.54. The Hall–Kier alpha value is -0.860. The summed E-state index contributed by atoms with van der Waals surface area (Å²) in [6.45, 7) is 7.56. The van der Waals surface area contributed by atoms with Gasteiger partial charge in [-0.3, -0.25) is 9.59 Å². The summed E-state index contributed by atoms with van der Waals surface area (Å²) in [6, 6.07) is -0.364. The molecule has 2 saturated carbocycles. The highest BCUT2D eigenvalue weighted by Gasteiger charge is 2.55. The summed E-state index contributed by atoms with van der Waals surface area (Å²) < 4.78 is 0. The zero-order valence-electron chi connectivity index (χ0n) is 12.7. The summed E-state index contributed by atoms with van der Waals surface area (Å²) in [5, 5.41) is 2.97. The van der Waals surface area contributed by atoms with E-state index in [2.05, 4.69) is 5.32 Å². The number of amides is 1. The Morgan fingerprint density at radius 2 is 2.00 bits per heavy atom. The SMILES string of the molecule is CC(=O)C(NC(=O)C[C@@]12CCCC[C@@H]1C2)C(C)(C)C. The number of nitrogens with one attached hydrogen (secondary N) is 1. The van der Waals surface area contributed by atoms with E-state index in [9.17, 15) is 9.59 Å². The van der Waals surface area contributed by atoms with Crippen LogP contribution in [0.3, 0.4) is 0 Å². The molecule has 0 radical (unpaired) electrons. The van der Waals surface area contributed by atoms with Crippen LogP contribution in [-0.4, -0.2) is 17.7 Å². The largest absolute Gasteiger partial charge is 0.346 e. The van der Waals surface area contributed by atoms with E-state index in [1.54, 1.807) is 6.92 Å². The van der Waals surface area contributed by atoms with E-state index in [1.165, 1.54) is 32.1 Å². The molecule has 3 heteroatoms. The van der Waals surface area contributed by atoms with Crippen LogP contribution in [0, 0.1) is 16.7 Å². The van der Waals surface area contributed by atoms with Crippen molar-refractivity contribution in [3.63, 3.8) is 0 Å². The minimum atomic E-state index is -0.364. The van der Waals surface area contributed by atoms with E-state index < -0.39 is 0 Å². The number of rotatable bonds is 4. The van der Waals surface area contributed by atoms with Gasteiger partial charge in [0.1, 0.15) is 0 Å². The van der Waals surface area contributed by atoms with Crippen LogP contribution >= 0.6 is 0 Å². The van der Waals surface area contributed by atoms with E-state index in [0.29, 0.717) is 11.8 Å². The Labute approximate surface area is 116 Å². The molecule has 2 aliphatic rings. The smallest absolute Gasteiger partial charge is 0.221 e. The van der Waals surface area contributed by atoms with Crippen LogP contribution in [0.5, 0.6) is 0 Å². The van der Waals surface area contributed by atoms with Gasteiger partial charge in [0.05, 0.1) is 6.04 Å². The third-order valence-electron chi connectivity index (χ3n) is 4.93. The van der Waals surface area contributed by atoms with Gasteiger partial charge in [0.2, 0.25) is 5.91 Å². The Bertz CT molecular complexity index is 383. The fraction of sp³-hybridized carbons (Fsp3) is 0.875. The van der Waals surface area contributed by atoms with E-state index >= 15 is 0 Å². The quantitative estimate of drug-likeness (QED) is 0.849. The van der Waals surface area contributed by atoms with Gasteiger partial charge in [-0.25, -0.2) is 0 Å². The van der Waals surface area contributed by atoms with Crippen molar-refractivity contribution in [3.8, 4) is 0 Å². The van der Waals surface area contributed by atoms with Crippen LogP contribution in [0.25, 0.3) is 0 Å². The number of hydrogen-bond donors (Lipinski definition) is 1. The highest BCUT2D eigenvalue weighted by Crippen LogP contribution is 2.63. The minimum Gasteiger partial charge on any atom is -0.346 e. The molecule has 1 amide bonds. The maximum absolute atomic E-state index is 12.2. The van der Waals surface area contributed by atoms with Gasteiger partial charge in [-0.05, 0) is 42.9 Å². The molecule has 0 aromatic rings. The molecule has 19 heavy (non-hydrogen) atoms. The minimum absolute atomic E-state index is 0.0503. The Morgan fingerprint density at radius 1 is 1.32 bits per heavy atom. The number of Topliss-reactive ketones (excluding diaryl/α,β-unsaturated/α-hetero) is 1. The highest BCUT2D eigenvalue weighted by atomic mass is 16.2. The fourth-order valence-corrected chi connectivity index (χ4v) is 3.78. The summed E-state index contributed by atoms with van der Waals surface area (Å²) in [4.78, 5) is 23.9. The second-order valence-corrected chi connectivity index (χ2v) is 7.66. The third-order valence-corrected chi connectivity index (χ3v) is 4.93. The Kier molecular flexibility index (Phi) is 3.76. The molecule has 0 aromatic heterocycles. The van der Waals surface area contributed by atoms with Crippen LogP contribution in [0.2, 0.25) is 0 Å². The first-order valence-corrected chi connectivity index (χ1v) is 7.54. The molecule has 0 aromatic carbocycles. The lowest BCUT2D eigenvalue weighted by Crippen LogP contribution is -2.48. The molecule has 1 unspecified atom stereocenters. The van der Waals surface area contributed by atoms with Crippen molar-refractivity contribution in [1.29, 1.82) is 0 Å². The number of carbonyl (C=O) groups is 2. The van der Waals surface area contributed by atoms with Gasteiger partial charge in [0, 0.05) is 6.42 Å². The number of hydrogen-bond acceptors (Lipinski definition) is 2. The molecule has 0 heterocycles. The maximum Gasteiger partial charge on any atom is 0.221 e. The van der Waals surface area contributed by atoms with Crippen LogP contribution < -0.4 is 5.32 Å². The van der Waals surface area contributed by atoms with Crippen molar-refractivity contribution >= 4 is 11.7 Å². The first kappa shape index (κ1) is 14.5. The average Bonchev–Trinajstić information content (AvgIpc) is 2.97. The number of carbonyl (C=O) groups excluding carboxylic acids is 2. The zero-order chi connectivity index (χ0) is 14.3. The summed E-state index contributed by atoms with van der Waals surface area (Å²) in [5.74, 6) is 0.895. The Morgan fingerprint density at radius 3 is 2.53 bits per heavy atom. The topological polar surface area (TPSA) is 46.2 Å². The third kappa shape index (κ3) is 3.18. The maximum atomic E-state index is 12.2. The van der Waals surface area contributed by atoms with E-state index in [4.69, 9.17) is 0 Å². The number of fused-ring (bicyclic) bond motifs is 1. The normalized spacial score (nSPS) is 31.3. The zero-order valence-corrected chi connectivity index (χ0v) is 12.7. The lowest BCUT2D eigenvalue weighted by Gasteiger charge is -2.30. The predicted molar refractivity (Wildman–Crippen MR) is 75.7 cm³/mol. The number of ketones is 1. The lowest BCUT2D eigenvalue weighted by molar-refractivity contribution is -0.130. The summed E-state index contributed by atoms with van der Waals surface area (Å²) in [7, 11) is 0. The standard InChI is InChI=1S/C16H27NO2/c1-11(18)14(15(2,3)4)17-13(19)10-16-8-6-5-7-12(16)9-16/h12,14H,5-10H2,1-4H3,(H,17,19)/t12-,14?,16+/m1/s1. The van der Waals surface area contributed by atoms with Gasteiger partial charge < -0.3 is 5.32 Å². The highest BCUT2D eigenvalue weighted by molar-refractivity contribution is 5.88. The van der Waals surface area contributed by atoms with Crippen molar-refractivity contribution < 1.29 is 9.59 Å². The van der Waals surface area contributed by atoms with Crippen LogP contribution in [0.1, 0.15) is 66.2 Å². The van der Waals surface area contributed by atoms with E-state index in [0.717, 1.165) is 5.92 Å². The van der Waals surface area contributed by atoms with Gasteiger partial charge in [0.25, 0.3) is 0 Å².